The molecule has 0 aromatic heterocycles. The lowest BCUT2D eigenvalue weighted by Gasteiger charge is -2.09. The average molecular weight is 167 g/mol. The molecule has 2 N–H and O–H groups in total. The van der Waals surface area contributed by atoms with E-state index in [0.29, 0.717) is 0 Å². The Hall–Kier alpha value is 0.170. The normalized spacial score (nSPS) is 48.0. The molecular formula is C6H11ClO3. The molecule has 0 aromatic rings. The highest BCUT2D eigenvalue weighted by atomic mass is 35.5. The van der Waals surface area contributed by atoms with E-state index in [1.54, 1.807) is 6.92 Å². The molecule has 0 saturated carbocycles. The van der Waals surface area contributed by atoms with E-state index >= 15 is 0 Å². The molecule has 1 aliphatic heterocycles. The highest BCUT2D eigenvalue weighted by Crippen LogP contribution is 2.24. The van der Waals surface area contributed by atoms with Crippen LogP contribution >= 0.6 is 11.6 Å². The Morgan fingerprint density at radius 1 is 1.60 bits per heavy atom. The van der Waals surface area contributed by atoms with Crippen LogP contribution in [0.4, 0.5) is 0 Å². The van der Waals surface area contributed by atoms with E-state index in [2.05, 4.69) is 0 Å². The number of hydrogen-bond acceptors (Lipinski definition) is 3. The van der Waals surface area contributed by atoms with Crippen LogP contribution in [0.2, 0.25) is 0 Å². The molecule has 0 spiro atoms. The van der Waals surface area contributed by atoms with Gasteiger partial charge in [-0.2, -0.15) is 0 Å². The number of ether oxygens (including phenoxy) is 1. The second kappa shape index (κ2) is 3.05. The molecule has 0 aromatic carbocycles. The fraction of sp³-hybridized carbons (Fsp3) is 1.00. The Labute approximate surface area is 64.6 Å². The molecule has 0 aliphatic carbocycles. The first-order valence-corrected chi connectivity index (χ1v) is 3.69. The third-order valence-corrected chi connectivity index (χ3v) is 2.34. The van der Waals surface area contributed by atoms with Crippen molar-refractivity contribution in [2.75, 3.05) is 6.61 Å². The van der Waals surface area contributed by atoms with Crippen molar-refractivity contribution in [1.82, 2.24) is 0 Å². The van der Waals surface area contributed by atoms with Crippen LogP contribution in [0, 0.1) is 0 Å². The van der Waals surface area contributed by atoms with Crippen molar-refractivity contribution in [2.45, 2.75) is 30.6 Å². The Morgan fingerprint density at radius 3 is 2.40 bits per heavy atom. The van der Waals surface area contributed by atoms with Gasteiger partial charge in [0, 0.05) is 0 Å². The molecule has 2 unspecified atom stereocenters. The van der Waals surface area contributed by atoms with Gasteiger partial charge >= 0.3 is 0 Å². The van der Waals surface area contributed by atoms with Crippen molar-refractivity contribution < 1.29 is 14.9 Å². The topological polar surface area (TPSA) is 49.7 Å². The predicted octanol–water partition coefficient (Wildman–Crippen LogP) is -0.266. The molecule has 1 heterocycles. The van der Waals surface area contributed by atoms with E-state index in [1.807, 2.05) is 0 Å². The lowest BCUT2D eigenvalue weighted by atomic mass is 10.1. The first-order chi connectivity index (χ1) is 4.66. The zero-order chi connectivity index (χ0) is 7.72. The van der Waals surface area contributed by atoms with Gasteiger partial charge < -0.3 is 14.9 Å². The minimum atomic E-state index is -0.735. The quantitative estimate of drug-likeness (QED) is 0.528. The third kappa shape index (κ3) is 1.27. The number of aliphatic hydroxyl groups is 2. The van der Waals surface area contributed by atoms with Gasteiger partial charge in [-0.15, -0.1) is 11.6 Å². The molecule has 1 aliphatic rings. The Kier molecular flexibility index (Phi) is 2.52. The van der Waals surface area contributed by atoms with Crippen molar-refractivity contribution in [1.29, 1.82) is 0 Å². The maximum Gasteiger partial charge on any atom is 0.108 e. The van der Waals surface area contributed by atoms with Gasteiger partial charge in [0.25, 0.3) is 0 Å². The summed E-state index contributed by atoms with van der Waals surface area (Å²) in [6, 6.07) is 0. The number of halogens is 1. The monoisotopic (exact) mass is 166 g/mol. The highest BCUT2D eigenvalue weighted by Gasteiger charge is 2.39. The van der Waals surface area contributed by atoms with Crippen LogP contribution in [0.1, 0.15) is 6.92 Å². The Morgan fingerprint density at radius 2 is 2.20 bits per heavy atom. The summed E-state index contributed by atoms with van der Waals surface area (Å²) in [4.78, 5) is 0. The molecular weight excluding hydrogens is 156 g/mol. The van der Waals surface area contributed by atoms with Gasteiger partial charge in [0.05, 0.1) is 18.1 Å². The predicted molar refractivity (Wildman–Crippen MR) is 37.1 cm³/mol. The Balaban J connectivity index is 2.53. The van der Waals surface area contributed by atoms with Crippen LogP contribution in [0.15, 0.2) is 0 Å². The zero-order valence-corrected chi connectivity index (χ0v) is 6.45. The van der Waals surface area contributed by atoms with Gasteiger partial charge in [0.1, 0.15) is 12.2 Å². The second-order valence-corrected chi connectivity index (χ2v) is 3.00. The number of hydrogen-bond donors (Lipinski definition) is 2. The minimum Gasteiger partial charge on any atom is -0.394 e. The van der Waals surface area contributed by atoms with E-state index in [4.69, 9.17) is 21.4 Å². The summed E-state index contributed by atoms with van der Waals surface area (Å²) in [5, 5.41) is 17.4. The van der Waals surface area contributed by atoms with E-state index in [1.165, 1.54) is 0 Å². The van der Waals surface area contributed by atoms with E-state index in [9.17, 15) is 5.11 Å². The highest BCUT2D eigenvalue weighted by molar-refractivity contribution is 6.21. The fourth-order valence-electron chi connectivity index (χ4n) is 1.07. The first kappa shape index (κ1) is 8.27. The number of rotatable bonds is 1. The number of aliphatic hydroxyl groups excluding tert-OH is 2. The smallest absolute Gasteiger partial charge is 0.108 e. The minimum absolute atomic E-state index is 0.172. The SMILES string of the molecule is CC1O[C@H](CO)[C@H](O)C1Cl. The van der Waals surface area contributed by atoms with Gasteiger partial charge in [-0.25, -0.2) is 0 Å². The van der Waals surface area contributed by atoms with Gasteiger partial charge in [-0.05, 0) is 6.92 Å². The molecule has 60 valence electrons. The fourth-order valence-corrected chi connectivity index (χ4v) is 1.29. The maximum atomic E-state index is 9.21. The van der Waals surface area contributed by atoms with E-state index in [0.717, 1.165) is 0 Å². The van der Waals surface area contributed by atoms with Crippen molar-refractivity contribution in [3.05, 3.63) is 0 Å². The summed E-state index contributed by atoms with van der Waals surface area (Å²) >= 11 is 5.70. The van der Waals surface area contributed by atoms with Crippen LogP contribution in [0.25, 0.3) is 0 Å². The molecule has 1 fully saturated rings. The second-order valence-electron chi connectivity index (χ2n) is 2.50. The van der Waals surface area contributed by atoms with Crippen molar-refractivity contribution in [3.8, 4) is 0 Å². The lowest BCUT2D eigenvalue weighted by Crippen LogP contribution is -2.29. The summed E-state index contributed by atoms with van der Waals surface area (Å²) in [6.07, 6.45) is -1.41. The largest absolute Gasteiger partial charge is 0.394 e. The van der Waals surface area contributed by atoms with Crippen LogP contribution in [-0.4, -0.2) is 40.5 Å². The summed E-state index contributed by atoms with van der Waals surface area (Å²) in [5.41, 5.74) is 0. The number of alkyl halides is 1. The van der Waals surface area contributed by atoms with Crippen LogP contribution in [-0.2, 0) is 4.74 Å². The van der Waals surface area contributed by atoms with Crippen LogP contribution < -0.4 is 0 Å². The molecule has 4 atom stereocenters. The average Bonchev–Trinajstić information content (AvgIpc) is 2.17. The standard InChI is InChI=1S/C6H11ClO3/c1-3-5(7)6(9)4(2-8)10-3/h3-6,8-9H,2H2,1H3/t3?,4-,5?,6+/m1/s1. The molecule has 3 nitrogen and oxygen atoms in total. The first-order valence-electron chi connectivity index (χ1n) is 3.25. The van der Waals surface area contributed by atoms with Crippen LogP contribution in [0.5, 0.6) is 0 Å². The van der Waals surface area contributed by atoms with Gasteiger partial charge in [-0.1, -0.05) is 0 Å². The third-order valence-electron chi connectivity index (χ3n) is 1.73. The van der Waals surface area contributed by atoms with Crippen LogP contribution in [0.3, 0.4) is 0 Å². The van der Waals surface area contributed by atoms with E-state index < -0.39 is 17.6 Å². The van der Waals surface area contributed by atoms with Crippen molar-refractivity contribution >= 4 is 11.6 Å². The summed E-state index contributed by atoms with van der Waals surface area (Å²) in [6.45, 7) is 1.60. The van der Waals surface area contributed by atoms with Gasteiger partial charge in [0.15, 0.2) is 0 Å². The maximum absolute atomic E-state index is 9.21. The lowest BCUT2D eigenvalue weighted by molar-refractivity contribution is -0.0170. The molecule has 4 heteroatoms. The summed E-state index contributed by atoms with van der Waals surface area (Å²) < 4.78 is 5.10. The summed E-state index contributed by atoms with van der Waals surface area (Å²) in [5.74, 6) is 0. The van der Waals surface area contributed by atoms with Crippen molar-refractivity contribution in [3.63, 3.8) is 0 Å². The van der Waals surface area contributed by atoms with E-state index in [-0.39, 0.29) is 12.7 Å². The molecule has 0 bridgehead atoms. The molecule has 10 heavy (non-hydrogen) atoms. The molecule has 1 saturated heterocycles. The molecule has 0 radical (unpaired) electrons. The zero-order valence-electron chi connectivity index (χ0n) is 5.70. The van der Waals surface area contributed by atoms with Gasteiger partial charge in [0.2, 0.25) is 0 Å². The van der Waals surface area contributed by atoms with Crippen molar-refractivity contribution in [2.24, 2.45) is 0 Å². The Bertz CT molecular complexity index is 120. The van der Waals surface area contributed by atoms with Gasteiger partial charge in [-0.3, -0.25) is 0 Å². The molecule has 1 rings (SSSR count). The molecule has 0 amide bonds. The summed E-state index contributed by atoms with van der Waals surface area (Å²) in [7, 11) is 0.